The van der Waals surface area contributed by atoms with Crippen molar-refractivity contribution in [1.82, 2.24) is 0 Å². The second-order valence-electron chi connectivity index (χ2n) is 5.22. The molecule has 0 N–H and O–H groups in total. The van der Waals surface area contributed by atoms with Gasteiger partial charge in [0.2, 0.25) is 9.04 Å². The van der Waals surface area contributed by atoms with Crippen molar-refractivity contribution in [2.45, 2.75) is 38.8 Å². The lowest BCUT2D eigenvalue weighted by atomic mass is 10.3. The minimum atomic E-state index is -1.73. The number of hydrogen-bond acceptors (Lipinski definition) is 4. The third-order valence-electron chi connectivity index (χ3n) is 2.71. The van der Waals surface area contributed by atoms with Crippen LogP contribution in [-0.4, -0.2) is 21.2 Å². The zero-order valence-corrected chi connectivity index (χ0v) is 13.8. The van der Waals surface area contributed by atoms with Crippen LogP contribution in [0.15, 0.2) is 40.6 Å². The Hall–Kier alpha value is -2.02. The fourth-order valence-electron chi connectivity index (χ4n) is 1.87. The number of nitrogens with zero attached hydrogens (tertiary/aromatic N) is 2. The molecular weight excluding hydrogens is 288 g/mol. The van der Waals surface area contributed by atoms with Gasteiger partial charge in [0, 0.05) is 0 Å². The van der Waals surface area contributed by atoms with Crippen LogP contribution in [0.2, 0.25) is 11.1 Å². The van der Waals surface area contributed by atoms with E-state index >= 15 is 0 Å². The summed E-state index contributed by atoms with van der Waals surface area (Å²) in [5, 5.41) is 6.45. The Kier molecular flexibility index (Phi) is 6.74. The number of hydrogen-bond donors (Lipinski definition) is 0. The van der Waals surface area contributed by atoms with Crippen molar-refractivity contribution in [2.75, 3.05) is 0 Å². The maximum Gasteiger partial charge on any atom is 0.458 e. The van der Waals surface area contributed by atoms with Crippen LogP contribution < -0.4 is 4.74 Å². The van der Waals surface area contributed by atoms with Crippen molar-refractivity contribution >= 4 is 21.2 Å². The summed E-state index contributed by atoms with van der Waals surface area (Å²) in [6, 6.07) is 8.43. The maximum absolute atomic E-state index is 11.6. The van der Waals surface area contributed by atoms with E-state index in [1.807, 2.05) is 27.7 Å². The van der Waals surface area contributed by atoms with E-state index in [1.54, 1.807) is 30.3 Å². The molecule has 0 aliphatic carbocycles. The van der Waals surface area contributed by atoms with Crippen molar-refractivity contribution < 1.29 is 18.8 Å². The first-order valence-corrected chi connectivity index (χ1v) is 8.60. The average Bonchev–Trinajstić information content (AvgIpc) is 2.43. The molecule has 114 valence electrons. The van der Waals surface area contributed by atoms with Gasteiger partial charge >= 0.3 is 12.2 Å². The smallest absolute Gasteiger partial charge is 0.458 e. The minimum Gasteiger partial charge on any atom is -0.503 e. The van der Waals surface area contributed by atoms with Gasteiger partial charge in [-0.25, -0.2) is 9.59 Å². The molecule has 0 saturated heterocycles. The van der Waals surface area contributed by atoms with Crippen LogP contribution in [0.1, 0.15) is 27.7 Å². The molecule has 0 radical (unpaired) electrons. The van der Waals surface area contributed by atoms with Gasteiger partial charge in [0.15, 0.2) is 0 Å². The second kappa shape index (κ2) is 8.31. The molecule has 0 spiro atoms. The molecule has 0 unspecified atom stereocenters. The van der Waals surface area contributed by atoms with E-state index in [-0.39, 0.29) is 0 Å². The Labute approximate surface area is 125 Å². The Morgan fingerprint density at radius 2 is 1.48 bits per heavy atom. The van der Waals surface area contributed by atoms with Crippen molar-refractivity contribution in [3.05, 3.63) is 30.3 Å². The number of para-hydroxylation sites is 1. The number of carbonyl (C=O) groups excluding carboxylic acids is 2. The zero-order chi connectivity index (χ0) is 15.8. The van der Waals surface area contributed by atoms with E-state index in [4.69, 9.17) is 9.16 Å². The molecule has 2 amide bonds. The van der Waals surface area contributed by atoms with Crippen molar-refractivity contribution in [2.24, 2.45) is 10.2 Å². The topological polar surface area (TPSA) is 77.3 Å². The van der Waals surface area contributed by atoms with E-state index in [9.17, 15) is 9.59 Å². The lowest BCUT2D eigenvalue weighted by Crippen LogP contribution is -2.27. The number of carbonyl (C=O) groups is 2. The molecule has 0 aliphatic rings. The molecule has 6 nitrogen and oxygen atoms in total. The van der Waals surface area contributed by atoms with Gasteiger partial charge in [-0.05, 0) is 23.2 Å². The summed E-state index contributed by atoms with van der Waals surface area (Å²) in [5.74, 6) is 0.339. The molecule has 0 heterocycles. The zero-order valence-electron chi connectivity index (χ0n) is 12.6. The molecule has 1 aromatic rings. The van der Waals surface area contributed by atoms with Crippen molar-refractivity contribution in [1.29, 1.82) is 0 Å². The van der Waals surface area contributed by atoms with E-state index in [2.05, 4.69) is 10.2 Å². The third kappa shape index (κ3) is 6.31. The molecular formula is C14H20N2O4Si. The SMILES string of the molecule is CC(C)[SiH](OC(=O)N=NC(=O)Oc1ccccc1)C(C)C. The van der Waals surface area contributed by atoms with Gasteiger partial charge < -0.3 is 9.16 Å². The summed E-state index contributed by atoms with van der Waals surface area (Å²) in [4.78, 5) is 23.0. The number of ether oxygens (including phenoxy) is 1. The molecule has 0 atom stereocenters. The van der Waals surface area contributed by atoms with Crippen LogP contribution >= 0.6 is 0 Å². The molecule has 1 aromatic carbocycles. The third-order valence-corrected chi connectivity index (χ3v) is 5.81. The second-order valence-corrected chi connectivity index (χ2v) is 9.05. The van der Waals surface area contributed by atoms with E-state index in [0.29, 0.717) is 16.8 Å². The highest BCUT2D eigenvalue weighted by Crippen LogP contribution is 2.21. The van der Waals surface area contributed by atoms with Gasteiger partial charge in [0.25, 0.3) is 0 Å². The monoisotopic (exact) mass is 308 g/mol. The predicted octanol–water partition coefficient (Wildman–Crippen LogP) is 4.32. The van der Waals surface area contributed by atoms with Crippen LogP contribution in [0, 0.1) is 0 Å². The Bertz CT molecular complexity index is 495. The molecule has 0 aromatic heterocycles. The van der Waals surface area contributed by atoms with E-state index in [0.717, 1.165) is 0 Å². The lowest BCUT2D eigenvalue weighted by Gasteiger charge is -2.21. The highest BCUT2D eigenvalue weighted by atomic mass is 28.3. The molecule has 0 aliphatic heterocycles. The van der Waals surface area contributed by atoms with Crippen molar-refractivity contribution in [3.8, 4) is 5.75 Å². The Balaban J connectivity index is 2.51. The largest absolute Gasteiger partial charge is 0.503 e. The standard InChI is InChI=1S/C14H20N2O4Si/c1-10(2)21(11(3)4)20-14(18)16-15-13(17)19-12-8-6-5-7-9-12/h5-11,21H,1-4H3. The number of benzene rings is 1. The molecule has 0 bridgehead atoms. The quantitative estimate of drug-likeness (QED) is 0.613. The van der Waals surface area contributed by atoms with Gasteiger partial charge in [0.1, 0.15) is 5.75 Å². The fourth-order valence-corrected chi connectivity index (χ4v) is 4.24. The van der Waals surface area contributed by atoms with Crippen LogP contribution in [-0.2, 0) is 4.43 Å². The Morgan fingerprint density at radius 1 is 0.952 bits per heavy atom. The summed E-state index contributed by atoms with van der Waals surface area (Å²) in [7, 11) is -1.73. The van der Waals surface area contributed by atoms with Crippen LogP contribution in [0.5, 0.6) is 5.75 Å². The molecule has 7 heteroatoms. The lowest BCUT2D eigenvalue weighted by molar-refractivity contribution is 0.199. The molecule has 1 rings (SSSR count). The first kappa shape index (κ1) is 17.0. The normalized spacial score (nSPS) is 11.4. The molecule has 0 fully saturated rings. The van der Waals surface area contributed by atoms with Crippen molar-refractivity contribution in [3.63, 3.8) is 0 Å². The van der Waals surface area contributed by atoms with Gasteiger partial charge in [-0.15, -0.1) is 0 Å². The summed E-state index contributed by atoms with van der Waals surface area (Å²) in [5.41, 5.74) is 0.584. The first-order chi connectivity index (χ1) is 9.90. The fraction of sp³-hybridized carbons (Fsp3) is 0.429. The number of amides is 2. The van der Waals surface area contributed by atoms with Crippen LogP contribution in [0.3, 0.4) is 0 Å². The molecule has 21 heavy (non-hydrogen) atoms. The van der Waals surface area contributed by atoms with Crippen LogP contribution in [0.4, 0.5) is 9.59 Å². The maximum atomic E-state index is 11.6. The van der Waals surface area contributed by atoms with E-state index < -0.39 is 21.2 Å². The van der Waals surface area contributed by atoms with Gasteiger partial charge in [-0.2, -0.15) is 0 Å². The first-order valence-electron chi connectivity index (χ1n) is 6.79. The van der Waals surface area contributed by atoms with Gasteiger partial charge in [0.05, 0.1) is 0 Å². The summed E-state index contributed by atoms with van der Waals surface area (Å²) >= 11 is 0. The minimum absolute atomic E-state index is 0.292. The van der Waals surface area contributed by atoms with Gasteiger partial charge in [-0.1, -0.05) is 56.1 Å². The number of azo groups is 1. The highest BCUT2D eigenvalue weighted by molar-refractivity contribution is 6.56. The predicted molar refractivity (Wildman–Crippen MR) is 81.1 cm³/mol. The van der Waals surface area contributed by atoms with E-state index in [1.165, 1.54) is 0 Å². The number of rotatable bonds is 4. The van der Waals surface area contributed by atoms with Crippen LogP contribution in [0.25, 0.3) is 0 Å². The summed E-state index contributed by atoms with van der Waals surface area (Å²) in [6.07, 6.45) is -1.79. The van der Waals surface area contributed by atoms with Gasteiger partial charge in [-0.3, -0.25) is 0 Å². The molecule has 0 saturated carbocycles. The highest BCUT2D eigenvalue weighted by Gasteiger charge is 2.25. The summed E-state index contributed by atoms with van der Waals surface area (Å²) in [6.45, 7) is 8.02. The average molecular weight is 308 g/mol. The Morgan fingerprint density at radius 3 is 2.00 bits per heavy atom. The summed E-state index contributed by atoms with van der Waals surface area (Å²) < 4.78 is 10.2.